The highest BCUT2D eigenvalue weighted by molar-refractivity contribution is 5.39. The van der Waals surface area contributed by atoms with Gasteiger partial charge in [0.2, 0.25) is 0 Å². The third-order valence-electron chi connectivity index (χ3n) is 1.87. The normalized spacial score (nSPS) is 12.5. The third-order valence-corrected chi connectivity index (χ3v) is 1.87. The van der Waals surface area contributed by atoms with Gasteiger partial charge in [-0.15, -0.1) is 4.91 Å². The summed E-state index contributed by atoms with van der Waals surface area (Å²) in [4.78, 5) is 10.1. The van der Waals surface area contributed by atoms with E-state index in [1.54, 1.807) is 12.1 Å². The Bertz CT molecular complexity index is 256. The summed E-state index contributed by atoms with van der Waals surface area (Å²) >= 11 is 0. The molecule has 3 nitrogen and oxygen atoms in total. The number of hydrogen-bond donors (Lipinski definition) is 1. The van der Waals surface area contributed by atoms with Crippen LogP contribution in [0.4, 0.5) is 5.69 Å². The predicted octanol–water partition coefficient (Wildman–Crippen LogP) is 2.49. The van der Waals surface area contributed by atoms with Crippen LogP contribution >= 0.6 is 0 Å². The second-order valence-electron chi connectivity index (χ2n) is 2.70. The molecule has 0 aliphatic heterocycles. The zero-order chi connectivity index (χ0) is 8.97. The smallest absolute Gasteiger partial charge is 0.108 e. The number of benzene rings is 1. The highest BCUT2D eigenvalue weighted by Crippen LogP contribution is 2.17. The zero-order valence-corrected chi connectivity index (χ0v) is 7.03. The van der Waals surface area contributed by atoms with Crippen LogP contribution in [0.15, 0.2) is 29.4 Å². The van der Waals surface area contributed by atoms with E-state index < -0.39 is 0 Å². The topological polar surface area (TPSA) is 55.4 Å². The molecule has 1 aromatic carbocycles. The molecule has 64 valence electrons. The second kappa shape index (κ2) is 3.97. The number of rotatable bonds is 3. The van der Waals surface area contributed by atoms with E-state index in [-0.39, 0.29) is 6.04 Å². The van der Waals surface area contributed by atoms with Gasteiger partial charge in [0.1, 0.15) is 5.69 Å². The van der Waals surface area contributed by atoms with Gasteiger partial charge in [0.15, 0.2) is 0 Å². The molecule has 0 amide bonds. The lowest BCUT2D eigenvalue weighted by molar-refractivity contribution is 0.699. The fraction of sp³-hybridized carbons (Fsp3) is 0.333. The second-order valence-corrected chi connectivity index (χ2v) is 2.70. The average molecular weight is 164 g/mol. The molecule has 0 aliphatic rings. The van der Waals surface area contributed by atoms with Crippen LogP contribution < -0.4 is 5.73 Å². The van der Waals surface area contributed by atoms with Gasteiger partial charge in [-0.05, 0) is 29.3 Å². The molecular formula is C9H12N2O. The van der Waals surface area contributed by atoms with Gasteiger partial charge in [0.25, 0.3) is 0 Å². The summed E-state index contributed by atoms with van der Waals surface area (Å²) in [5.74, 6) is 0. The van der Waals surface area contributed by atoms with Crippen molar-refractivity contribution in [2.45, 2.75) is 19.4 Å². The van der Waals surface area contributed by atoms with E-state index in [4.69, 9.17) is 5.73 Å². The van der Waals surface area contributed by atoms with E-state index in [0.29, 0.717) is 5.69 Å². The Morgan fingerprint density at radius 3 is 2.42 bits per heavy atom. The van der Waals surface area contributed by atoms with Gasteiger partial charge >= 0.3 is 0 Å². The van der Waals surface area contributed by atoms with Crippen molar-refractivity contribution in [3.8, 4) is 0 Å². The van der Waals surface area contributed by atoms with Gasteiger partial charge in [-0.2, -0.15) is 0 Å². The summed E-state index contributed by atoms with van der Waals surface area (Å²) in [7, 11) is 0. The molecule has 1 rings (SSSR count). The minimum atomic E-state index is 0.0608. The van der Waals surface area contributed by atoms with Crippen LogP contribution in [0.5, 0.6) is 0 Å². The molecule has 1 unspecified atom stereocenters. The lowest BCUT2D eigenvalue weighted by Crippen LogP contribution is -2.07. The Morgan fingerprint density at radius 2 is 2.00 bits per heavy atom. The molecule has 0 heterocycles. The quantitative estimate of drug-likeness (QED) is 0.698. The summed E-state index contributed by atoms with van der Waals surface area (Å²) in [5.41, 5.74) is 7.27. The maximum Gasteiger partial charge on any atom is 0.108 e. The Balaban J connectivity index is 2.84. The Kier molecular flexibility index (Phi) is 2.94. The average Bonchev–Trinajstić information content (AvgIpc) is 2.17. The summed E-state index contributed by atoms with van der Waals surface area (Å²) in [6, 6.07) is 7.09. The minimum absolute atomic E-state index is 0.0608. The molecule has 0 fully saturated rings. The van der Waals surface area contributed by atoms with Crippen molar-refractivity contribution in [1.82, 2.24) is 0 Å². The van der Waals surface area contributed by atoms with Crippen LogP contribution in [-0.4, -0.2) is 0 Å². The summed E-state index contributed by atoms with van der Waals surface area (Å²) in [5, 5.41) is 2.81. The predicted molar refractivity (Wildman–Crippen MR) is 49.1 cm³/mol. The van der Waals surface area contributed by atoms with Gasteiger partial charge in [-0.3, -0.25) is 0 Å². The first-order valence-electron chi connectivity index (χ1n) is 3.96. The number of nitroso groups, excluding NO2 is 1. The lowest BCUT2D eigenvalue weighted by Gasteiger charge is -2.07. The van der Waals surface area contributed by atoms with Crippen molar-refractivity contribution in [2.24, 2.45) is 10.9 Å². The van der Waals surface area contributed by atoms with Gasteiger partial charge in [0.05, 0.1) is 0 Å². The standard InChI is InChI=1S/C9H12N2O/c1-2-9(10)7-3-5-8(11-12)6-4-7/h3-6,9H,2,10H2,1H3. The summed E-state index contributed by atoms with van der Waals surface area (Å²) < 4.78 is 0. The largest absolute Gasteiger partial charge is 0.324 e. The van der Waals surface area contributed by atoms with Gasteiger partial charge < -0.3 is 5.73 Å². The van der Waals surface area contributed by atoms with Crippen LogP contribution in [-0.2, 0) is 0 Å². The molecule has 1 atom stereocenters. The first-order chi connectivity index (χ1) is 5.77. The van der Waals surface area contributed by atoms with E-state index in [2.05, 4.69) is 5.18 Å². The summed E-state index contributed by atoms with van der Waals surface area (Å²) in [6.45, 7) is 2.02. The molecule has 1 aromatic rings. The summed E-state index contributed by atoms with van der Waals surface area (Å²) in [6.07, 6.45) is 0.897. The molecule has 0 saturated carbocycles. The number of nitrogens with zero attached hydrogens (tertiary/aromatic N) is 1. The highest BCUT2D eigenvalue weighted by atomic mass is 16.3. The van der Waals surface area contributed by atoms with Crippen LogP contribution in [0.25, 0.3) is 0 Å². The first kappa shape index (κ1) is 8.87. The van der Waals surface area contributed by atoms with Crippen molar-refractivity contribution in [2.75, 3.05) is 0 Å². The Labute approximate surface area is 71.6 Å². The minimum Gasteiger partial charge on any atom is -0.324 e. The molecule has 0 radical (unpaired) electrons. The SMILES string of the molecule is CCC(N)c1ccc(N=O)cc1. The van der Waals surface area contributed by atoms with Crippen LogP contribution in [0, 0.1) is 4.91 Å². The van der Waals surface area contributed by atoms with E-state index in [0.717, 1.165) is 12.0 Å². The maximum absolute atomic E-state index is 10.1. The van der Waals surface area contributed by atoms with Crippen molar-refractivity contribution < 1.29 is 0 Å². The first-order valence-corrected chi connectivity index (χ1v) is 3.96. The number of hydrogen-bond acceptors (Lipinski definition) is 3. The van der Waals surface area contributed by atoms with E-state index in [1.807, 2.05) is 19.1 Å². The van der Waals surface area contributed by atoms with E-state index in [9.17, 15) is 4.91 Å². The highest BCUT2D eigenvalue weighted by Gasteiger charge is 2.01. The van der Waals surface area contributed by atoms with Gasteiger partial charge in [-0.1, -0.05) is 19.1 Å². The molecule has 3 heteroatoms. The van der Waals surface area contributed by atoms with Crippen LogP contribution in [0.3, 0.4) is 0 Å². The fourth-order valence-corrected chi connectivity index (χ4v) is 1.02. The monoisotopic (exact) mass is 164 g/mol. The van der Waals surface area contributed by atoms with Gasteiger partial charge in [-0.25, -0.2) is 0 Å². The Morgan fingerprint density at radius 1 is 1.42 bits per heavy atom. The molecular weight excluding hydrogens is 152 g/mol. The van der Waals surface area contributed by atoms with Crippen LogP contribution in [0.1, 0.15) is 24.9 Å². The van der Waals surface area contributed by atoms with Crippen molar-refractivity contribution >= 4 is 5.69 Å². The molecule has 0 aliphatic carbocycles. The van der Waals surface area contributed by atoms with Crippen molar-refractivity contribution in [3.63, 3.8) is 0 Å². The number of nitrogens with two attached hydrogens (primary N) is 1. The molecule has 0 bridgehead atoms. The Hall–Kier alpha value is -1.22. The zero-order valence-electron chi connectivity index (χ0n) is 7.03. The van der Waals surface area contributed by atoms with Crippen molar-refractivity contribution in [1.29, 1.82) is 0 Å². The molecule has 0 aromatic heterocycles. The third kappa shape index (κ3) is 1.89. The van der Waals surface area contributed by atoms with Gasteiger partial charge in [0, 0.05) is 6.04 Å². The molecule has 12 heavy (non-hydrogen) atoms. The van der Waals surface area contributed by atoms with E-state index >= 15 is 0 Å². The van der Waals surface area contributed by atoms with Crippen LogP contribution in [0.2, 0.25) is 0 Å². The fourth-order valence-electron chi connectivity index (χ4n) is 1.02. The van der Waals surface area contributed by atoms with E-state index in [1.165, 1.54) is 0 Å². The van der Waals surface area contributed by atoms with Crippen molar-refractivity contribution in [3.05, 3.63) is 34.7 Å². The lowest BCUT2D eigenvalue weighted by atomic mass is 10.1. The molecule has 0 spiro atoms. The molecule has 2 N–H and O–H groups in total. The molecule has 0 saturated heterocycles. The maximum atomic E-state index is 10.1.